The van der Waals surface area contributed by atoms with E-state index in [1.54, 1.807) is 0 Å². The Hall–Kier alpha value is -1.70. The lowest BCUT2D eigenvalue weighted by molar-refractivity contribution is 0.112. The Morgan fingerprint density at radius 1 is 1.11 bits per heavy atom. The fourth-order valence-corrected chi connectivity index (χ4v) is 2.85. The number of aromatic nitrogens is 1. The van der Waals surface area contributed by atoms with Gasteiger partial charge in [0.2, 0.25) is 0 Å². The molecule has 0 amide bonds. The number of hydrogen-bond donors (Lipinski definition) is 0. The normalized spacial score (nSPS) is 14.6. The Labute approximate surface area is 107 Å². The molecule has 0 fully saturated rings. The predicted octanol–water partition coefficient (Wildman–Crippen LogP) is 3.54. The summed E-state index contributed by atoms with van der Waals surface area (Å²) in [6.45, 7) is 4.18. The molecule has 0 spiro atoms. The first-order valence-electron chi connectivity index (χ1n) is 6.58. The van der Waals surface area contributed by atoms with Gasteiger partial charge in [-0.3, -0.25) is 9.78 Å². The van der Waals surface area contributed by atoms with Gasteiger partial charge in [0.15, 0.2) is 6.29 Å². The molecule has 1 aliphatic carbocycles. The van der Waals surface area contributed by atoms with Gasteiger partial charge in [-0.05, 0) is 68.4 Å². The zero-order valence-corrected chi connectivity index (χ0v) is 10.9. The molecule has 0 saturated carbocycles. The number of fused-ring (bicyclic) bond motifs is 2. The van der Waals surface area contributed by atoms with Crippen LogP contribution in [0.1, 0.15) is 45.6 Å². The van der Waals surface area contributed by atoms with E-state index in [1.165, 1.54) is 29.5 Å². The van der Waals surface area contributed by atoms with Crippen LogP contribution >= 0.6 is 0 Å². The van der Waals surface area contributed by atoms with Crippen molar-refractivity contribution in [3.05, 3.63) is 40.1 Å². The standard InChI is InChI=1S/C16H17NO/c1-10-7-13-14(9-18)12-5-3-4-6-15(12)17-16(13)8-11(10)2/h7-9H,3-6H2,1-2H3. The van der Waals surface area contributed by atoms with E-state index in [1.807, 2.05) is 0 Å². The Bertz CT molecular complexity index is 643. The molecule has 0 aliphatic heterocycles. The number of aryl methyl sites for hydroxylation is 3. The third-order valence-electron chi connectivity index (χ3n) is 4.04. The molecular weight excluding hydrogens is 222 g/mol. The van der Waals surface area contributed by atoms with Crippen molar-refractivity contribution in [1.82, 2.24) is 4.98 Å². The molecule has 0 atom stereocenters. The van der Waals surface area contributed by atoms with Crippen molar-refractivity contribution in [2.75, 3.05) is 0 Å². The summed E-state index contributed by atoms with van der Waals surface area (Å²) >= 11 is 0. The summed E-state index contributed by atoms with van der Waals surface area (Å²) in [5, 5.41) is 1.02. The summed E-state index contributed by atoms with van der Waals surface area (Å²) in [6.07, 6.45) is 5.39. The number of carbonyl (C=O) groups is 1. The largest absolute Gasteiger partial charge is 0.298 e. The molecule has 0 radical (unpaired) electrons. The SMILES string of the molecule is Cc1cc2nc3c(c(C=O)c2cc1C)CCCC3. The zero-order chi connectivity index (χ0) is 12.7. The number of pyridine rings is 1. The first-order valence-corrected chi connectivity index (χ1v) is 6.58. The minimum Gasteiger partial charge on any atom is -0.298 e. The van der Waals surface area contributed by atoms with Crippen molar-refractivity contribution in [2.24, 2.45) is 0 Å². The predicted molar refractivity (Wildman–Crippen MR) is 73.2 cm³/mol. The molecule has 18 heavy (non-hydrogen) atoms. The highest BCUT2D eigenvalue weighted by atomic mass is 16.1. The molecule has 2 aromatic rings. The lowest BCUT2D eigenvalue weighted by atomic mass is 9.89. The maximum atomic E-state index is 11.5. The van der Waals surface area contributed by atoms with Crippen molar-refractivity contribution in [3.8, 4) is 0 Å². The smallest absolute Gasteiger partial charge is 0.151 e. The van der Waals surface area contributed by atoms with E-state index in [-0.39, 0.29) is 0 Å². The Balaban J connectivity index is 2.40. The molecule has 0 saturated heterocycles. The third kappa shape index (κ3) is 1.64. The van der Waals surface area contributed by atoms with E-state index in [2.05, 4.69) is 26.0 Å². The highest BCUT2D eigenvalue weighted by Gasteiger charge is 2.18. The highest BCUT2D eigenvalue weighted by molar-refractivity contribution is 5.98. The van der Waals surface area contributed by atoms with Crippen LogP contribution in [0.25, 0.3) is 10.9 Å². The molecule has 1 aromatic heterocycles. The van der Waals surface area contributed by atoms with Gasteiger partial charge in [-0.25, -0.2) is 0 Å². The fourth-order valence-electron chi connectivity index (χ4n) is 2.85. The first kappa shape index (κ1) is 11.4. The van der Waals surface area contributed by atoms with Crippen molar-refractivity contribution >= 4 is 17.2 Å². The van der Waals surface area contributed by atoms with E-state index in [0.29, 0.717) is 0 Å². The van der Waals surface area contributed by atoms with E-state index in [9.17, 15) is 4.79 Å². The zero-order valence-electron chi connectivity index (χ0n) is 10.9. The molecular formula is C16H17NO. The Morgan fingerprint density at radius 2 is 1.83 bits per heavy atom. The van der Waals surface area contributed by atoms with Crippen LogP contribution in [0, 0.1) is 13.8 Å². The van der Waals surface area contributed by atoms with Gasteiger partial charge in [-0.2, -0.15) is 0 Å². The number of rotatable bonds is 1. The summed E-state index contributed by atoms with van der Waals surface area (Å²) in [5.74, 6) is 0. The molecule has 2 heteroatoms. The minimum absolute atomic E-state index is 0.873. The number of nitrogens with zero attached hydrogens (tertiary/aromatic N) is 1. The van der Waals surface area contributed by atoms with E-state index < -0.39 is 0 Å². The van der Waals surface area contributed by atoms with Gasteiger partial charge in [0.05, 0.1) is 5.52 Å². The van der Waals surface area contributed by atoms with Crippen LogP contribution in [0.5, 0.6) is 0 Å². The maximum absolute atomic E-state index is 11.5. The lowest BCUT2D eigenvalue weighted by Gasteiger charge is -2.18. The van der Waals surface area contributed by atoms with Crippen LogP contribution in [-0.4, -0.2) is 11.3 Å². The molecule has 0 unspecified atom stereocenters. The first-order chi connectivity index (χ1) is 8.70. The van der Waals surface area contributed by atoms with E-state index in [0.717, 1.165) is 41.3 Å². The molecule has 1 aromatic carbocycles. The fraction of sp³-hybridized carbons (Fsp3) is 0.375. The van der Waals surface area contributed by atoms with Crippen molar-refractivity contribution in [2.45, 2.75) is 39.5 Å². The van der Waals surface area contributed by atoms with Gasteiger partial charge in [0, 0.05) is 16.6 Å². The van der Waals surface area contributed by atoms with Gasteiger partial charge >= 0.3 is 0 Å². The van der Waals surface area contributed by atoms with Crippen LogP contribution < -0.4 is 0 Å². The van der Waals surface area contributed by atoms with Gasteiger partial charge in [-0.15, -0.1) is 0 Å². The van der Waals surface area contributed by atoms with Gasteiger partial charge in [0.25, 0.3) is 0 Å². The second kappa shape index (κ2) is 4.20. The monoisotopic (exact) mass is 239 g/mol. The summed E-state index contributed by atoms with van der Waals surface area (Å²) in [7, 11) is 0. The van der Waals surface area contributed by atoms with Crippen molar-refractivity contribution < 1.29 is 4.79 Å². The maximum Gasteiger partial charge on any atom is 0.151 e. The Morgan fingerprint density at radius 3 is 2.61 bits per heavy atom. The average Bonchev–Trinajstić information content (AvgIpc) is 2.38. The lowest BCUT2D eigenvalue weighted by Crippen LogP contribution is -2.09. The molecule has 1 heterocycles. The van der Waals surface area contributed by atoms with Crippen LogP contribution in [0.3, 0.4) is 0 Å². The van der Waals surface area contributed by atoms with Gasteiger partial charge < -0.3 is 0 Å². The molecule has 0 N–H and O–H groups in total. The van der Waals surface area contributed by atoms with Crippen LogP contribution in [0.4, 0.5) is 0 Å². The van der Waals surface area contributed by atoms with Gasteiger partial charge in [-0.1, -0.05) is 0 Å². The quantitative estimate of drug-likeness (QED) is 0.712. The summed E-state index contributed by atoms with van der Waals surface area (Å²) in [4.78, 5) is 16.2. The topological polar surface area (TPSA) is 30.0 Å². The summed E-state index contributed by atoms with van der Waals surface area (Å²) in [6, 6.07) is 4.21. The summed E-state index contributed by atoms with van der Waals surface area (Å²) < 4.78 is 0. The third-order valence-corrected chi connectivity index (χ3v) is 4.04. The van der Waals surface area contributed by atoms with E-state index in [4.69, 9.17) is 4.98 Å². The van der Waals surface area contributed by atoms with Gasteiger partial charge in [0.1, 0.15) is 0 Å². The molecule has 2 nitrogen and oxygen atoms in total. The molecule has 0 bridgehead atoms. The van der Waals surface area contributed by atoms with Crippen LogP contribution in [-0.2, 0) is 12.8 Å². The number of carbonyl (C=O) groups excluding carboxylic acids is 1. The number of aldehydes is 1. The van der Waals surface area contributed by atoms with Crippen LogP contribution in [0.2, 0.25) is 0 Å². The second-order valence-electron chi connectivity index (χ2n) is 5.23. The number of benzene rings is 1. The number of hydrogen-bond acceptors (Lipinski definition) is 2. The van der Waals surface area contributed by atoms with E-state index >= 15 is 0 Å². The minimum atomic E-state index is 0.873. The molecule has 1 aliphatic rings. The van der Waals surface area contributed by atoms with Crippen molar-refractivity contribution in [1.29, 1.82) is 0 Å². The average molecular weight is 239 g/mol. The highest BCUT2D eigenvalue weighted by Crippen LogP contribution is 2.29. The van der Waals surface area contributed by atoms with Crippen LogP contribution in [0.15, 0.2) is 12.1 Å². The van der Waals surface area contributed by atoms with Crippen molar-refractivity contribution in [3.63, 3.8) is 0 Å². The second-order valence-corrected chi connectivity index (χ2v) is 5.23. The molecule has 92 valence electrons. The Kier molecular flexibility index (Phi) is 2.66. The molecule has 3 rings (SSSR count). The summed E-state index contributed by atoms with van der Waals surface area (Å²) in [5.41, 5.74) is 6.63.